The van der Waals surface area contributed by atoms with Gasteiger partial charge in [0.2, 0.25) is 5.91 Å². The Labute approximate surface area is 142 Å². The van der Waals surface area contributed by atoms with Gasteiger partial charge in [-0.3, -0.25) is 4.79 Å². The van der Waals surface area contributed by atoms with Gasteiger partial charge >= 0.3 is 0 Å². The van der Waals surface area contributed by atoms with E-state index < -0.39 is 5.79 Å². The molecule has 130 valence electrons. The van der Waals surface area contributed by atoms with E-state index in [0.717, 1.165) is 31.2 Å². The maximum absolute atomic E-state index is 13.2. The summed E-state index contributed by atoms with van der Waals surface area (Å²) in [6, 6.07) is 10.1. The second-order valence-electron chi connectivity index (χ2n) is 6.86. The van der Waals surface area contributed by atoms with Crippen LogP contribution in [0.1, 0.15) is 37.4 Å². The third-order valence-electron chi connectivity index (χ3n) is 5.42. The molecule has 2 atom stereocenters. The predicted octanol–water partition coefficient (Wildman–Crippen LogP) is 2.52. The lowest BCUT2D eigenvalue weighted by atomic mass is 9.82. The van der Waals surface area contributed by atoms with Crippen LogP contribution in [0.15, 0.2) is 30.3 Å². The molecule has 2 saturated heterocycles. The Balaban J connectivity index is 1.49. The number of rotatable bonds is 2. The Bertz CT molecular complexity index is 570. The normalized spacial score (nSPS) is 29.8. The molecule has 1 aromatic rings. The molecule has 24 heavy (non-hydrogen) atoms. The number of hydrogen-bond donors (Lipinski definition) is 0. The highest BCUT2D eigenvalue weighted by atomic mass is 16.7. The molecule has 0 radical (unpaired) electrons. The van der Waals surface area contributed by atoms with E-state index in [9.17, 15) is 4.79 Å². The van der Waals surface area contributed by atoms with Gasteiger partial charge in [-0.05, 0) is 18.4 Å². The first-order valence-corrected chi connectivity index (χ1v) is 9.02. The molecule has 0 bridgehead atoms. The molecule has 1 aliphatic carbocycles. The average Bonchev–Trinajstić information content (AvgIpc) is 3.11. The van der Waals surface area contributed by atoms with E-state index in [0.29, 0.717) is 32.9 Å². The number of hydrogen-bond acceptors (Lipinski definition) is 4. The zero-order chi connectivity index (χ0) is 16.4. The number of benzene rings is 1. The van der Waals surface area contributed by atoms with Crippen molar-refractivity contribution in [1.82, 2.24) is 4.90 Å². The van der Waals surface area contributed by atoms with Gasteiger partial charge in [0, 0.05) is 13.0 Å². The third kappa shape index (κ3) is 2.96. The Morgan fingerprint density at radius 3 is 2.67 bits per heavy atom. The molecule has 4 rings (SSSR count). The number of nitrogens with zero attached hydrogens (tertiary/aromatic N) is 1. The molecule has 0 aromatic heterocycles. The fraction of sp³-hybridized carbons (Fsp3) is 0.632. The fourth-order valence-electron chi connectivity index (χ4n) is 4.18. The lowest BCUT2D eigenvalue weighted by molar-refractivity contribution is -0.218. The van der Waals surface area contributed by atoms with Crippen LogP contribution < -0.4 is 0 Å². The van der Waals surface area contributed by atoms with Gasteiger partial charge in [-0.1, -0.05) is 36.8 Å². The molecular weight excluding hydrogens is 306 g/mol. The van der Waals surface area contributed by atoms with E-state index in [1.165, 1.54) is 0 Å². The van der Waals surface area contributed by atoms with E-state index in [4.69, 9.17) is 14.2 Å². The van der Waals surface area contributed by atoms with Crippen LogP contribution in [0.4, 0.5) is 0 Å². The largest absolute Gasteiger partial charge is 0.370 e. The van der Waals surface area contributed by atoms with Crippen LogP contribution in [-0.4, -0.2) is 49.5 Å². The van der Waals surface area contributed by atoms with Gasteiger partial charge in [0.25, 0.3) is 0 Å². The van der Waals surface area contributed by atoms with E-state index in [1.54, 1.807) is 0 Å². The minimum absolute atomic E-state index is 0.0474. The summed E-state index contributed by atoms with van der Waals surface area (Å²) in [5.74, 6) is -0.681. The van der Waals surface area contributed by atoms with E-state index in [2.05, 4.69) is 12.1 Å². The zero-order valence-electron chi connectivity index (χ0n) is 14.0. The average molecular weight is 331 g/mol. The number of carbonyl (C=O) groups is 1. The number of carbonyl (C=O) groups excluding carboxylic acids is 1. The van der Waals surface area contributed by atoms with Crippen molar-refractivity contribution in [3.8, 4) is 0 Å². The Morgan fingerprint density at radius 1 is 1.08 bits per heavy atom. The molecule has 5 nitrogen and oxygen atoms in total. The van der Waals surface area contributed by atoms with Gasteiger partial charge in [0.05, 0.1) is 32.3 Å². The van der Waals surface area contributed by atoms with Crippen molar-refractivity contribution in [1.29, 1.82) is 0 Å². The second kappa shape index (κ2) is 6.82. The number of morpholine rings is 1. The maximum atomic E-state index is 13.2. The van der Waals surface area contributed by atoms with E-state index >= 15 is 0 Å². The van der Waals surface area contributed by atoms with Crippen LogP contribution in [0.5, 0.6) is 0 Å². The van der Waals surface area contributed by atoms with Gasteiger partial charge in [-0.25, -0.2) is 0 Å². The van der Waals surface area contributed by atoms with Crippen molar-refractivity contribution < 1.29 is 19.0 Å². The summed E-state index contributed by atoms with van der Waals surface area (Å²) < 4.78 is 17.7. The smallest absolute Gasteiger partial charge is 0.231 e. The second-order valence-corrected chi connectivity index (χ2v) is 6.86. The van der Waals surface area contributed by atoms with Crippen molar-refractivity contribution in [2.24, 2.45) is 5.92 Å². The van der Waals surface area contributed by atoms with Crippen LogP contribution in [0.3, 0.4) is 0 Å². The number of amides is 1. The van der Waals surface area contributed by atoms with Crippen molar-refractivity contribution in [2.75, 3.05) is 32.9 Å². The highest BCUT2D eigenvalue weighted by Crippen LogP contribution is 2.41. The summed E-state index contributed by atoms with van der Waals surface area (Å²) in [4.78, 5) is 15.1. The van der Waals surface area contributed by atoms with Gasteiger partial charge in [-0.2, -0.15) is 0 Å². The van der Waals surface area contributed by atoms with Crippen LogP contribution >= 0.6 is 0 Å². The molecule has 1 amide bonds. The monoisotopic (exact) mass is 331 g/mol. The van der Waals surface area contributed by atoms with Gasteiger partial charge < -0.3 is 19.1 Å². The van der Waals surface area contributed by atoms with Crippen LogP contribution in [0.25, 0.3) is 0 Å². The SMILES string of the molecule is O=C(C1CCCCC12OCCO2)N1CCOC(c2ccccc2)C1. The Kier molecular flexibility index (Phi) is 4.57. The van der Waals surface area contributed by atoms with Crippen molar-refractivity contribution in [3.05, 3.63) is 35.9 Å². The first-order chi connectivity index (χ1) is 11.8. The molecule has 2 heterocycles. The van der Waals surface area contributed by atoms with Gasteiger partial charge in [0.1, 0.15) is 6.10 Å². The van der Waals surface area contributed by atoms with E-state index in [-0.39, 0.29) is 17.9 Å². The minimum atomic E-state index is -0.671. The van der Waals surface area contributed by atoms with Crippen molar-refractivity contribution in [3.63, 3.8) is 0 Å². The maximum Gasteiger partial charge on any atom is 0.231 e. The highest BCUT2D eigenvalue weighted by Gasteiger charge is 2.50. The standard InChI is InChI=1S/C19H25NO4/c21-18(16-8-4-5-9-19(16)23-12-13-24-19)20-10-11-22-17(14-20)15-6-2-1-3-7-15/h1-3,6-7,16-17H,4-5,8-14H2. The molecule has 2 unspecified atom stereocenters. The number of ether oxygens (including phenoxy) is 3. The molecule has 2 aliphatic heterocycles. The molecule has 0 N–H and O–H groups in total. The summed E-state index contributed by atoms with van der Waals surface area (Å²) in [6.45, 7) is 3.02. The highest BCUT2D eigenvalue weighted by molar-refractivity contribution is 5.80. The molecule has 1 spiro atoms. The Hall–Kier alpha value is -1.43. The van der Waals surface area contributed by atoms with Crippen molar-refractivity contribution in [2.45, 2.75) is 37.6 Å². The lowest BCUT2D eigenvalue weighted by Crippen LogP contribution is -2.53. The topological polar surface area (TPSA) is 48.0 Å². The Morgan fingerprint density at radius 2 is 1.88 bits per heavy atom. The van der Waals surface area contributed by atoms with Crippen LogP contribution in [0, 0.1) is 5.92 Å². The zero-order valence-corrected chi connectivity index (χ0v) is 14.0. The fourth-order valence-corrected chi connectivity index (χ4v) is 4.18. The molecule has 1 aromatic carbocycles. The summed E-state index contributed by atoms with van der Waals surface area (Å²) in [5.41, 5.74) is 1.13. The summed E-state index contributed by atoms with van der Waals surface area (Å²) in [7, 11) is 0. The van der Waals surface area contributed by atoms with Crippen molar-refractivity contribution >= 4 is 5.91 Å². The molecular formula is C19H25NO4. The van der Waals surface area contributed by atoms with Crippen LogP contribution in [-0.2, 0) is 19.0 Å². The molecule has 3 fully saturated rings. The van der Waals surface area contributed by atoms with Crippen LogP contribution in [0.2, 0.25) is 0 Å². The summed E-state index contributed by atoms with van der Waals surface area (Å²) >= 11 is 0. The minimum Gasteiger partial charge on any atom is -0.370 e. The summed E-state index contributed by atoms with van der Waals surface area (Å²) in [6.07, 6.45) is 3.77. The first kappa shape index (κ1) is 16.1. The molecule has 5 heteroatoms. The van der Waals surface area contributed by atoms with Gasteiger partial charge in [-0.15, -0.1) is 0 Å². The predicted molar refractivity (Wildman–Crippen MR) is 88.3 cm³/mol. The lowest BCUT2D eigenvalue weighted by Gasteiger charge is -2.42. The molecule has 3 aliphatic rings. The van der Waals surface area contributed by atoms with Gasteiger partial charge in [0.15, 0.2) is 5.79 Å². The molecule has 1 saturated carbocycles. The quantitative estimate of drug-likeness (QED) is 0.835. The van der Waals surface area contributed by atoms with E-state index in [1.807, 2.05) is 23.1 Å². The summed E-state index contributed by atoms with van der Waals surface area (Å²) in [5, 5.41) is 0. The first-order valence-electron chi connectivity index (χ1n) is 9.02. The third-order valence-corrected chi connectivity index (χ3v) is 5.42.